The number of hydrogen-bond acceptors (Lipinski definition) is 2. The minimum atomic E-state index is -0.287. The fourth-order valence-corrected chi connectivity index (χ4v) is 1.73. The number of pyridine rings is 1. The zero-order chi connectivity index (χ0) is 13.0. The molecule has 94 valence electrons. The predicted molar refractivity (Wildman–Crippen MR) is 71.6 cm³/mol. The molecule has 1 heterocycles. The van der Waals surface area contributed by atoms with E-state index in [4.69, 9.17) is 0 Å². The summed E-state index contributed by atoms with van der Waals surface area (Å²) in [5, 5.41) is 3.35. The van der Waals surface area contributed by atoms with Gasteiger partial charge in [-0.3, -0.25) is 4.98 Å². The highest BCUT2D eigenvalue weighted by molar-refractivity contribution is 5.63. The van der Waals surface area contributed by atoms with Crippen molar-refractivity contribution in [2.75, 3.05) is 0 Å². The van der Waals surface area contributed by atoms with Crippen molar-refractivity contribution in [1.82, 2.24) is 10.3 Å². The van der Waals surface area contributed by atoms with Gasteiger partial charge in [0.05, 0.1) is 6.20 Å². The van der Waals surface area contributed by atoms with Crippen LogP contribution < -0.4 is 5.32 Å². The van der Waals surface area contributed by atoms with Crippen LogP contribution in [0.2, 0.25) is 0 Å². The second kappa shape index (κ2) is 5.74. The van der Waals surface area contributed by atoms with Gasteiger partial charge in [-0.1, -0.05) is 38.1 Å². The lowest BCUT2D eigenvalue weighted by Crippen LogP contribution is -2.21. The maximum Gasteiger partial charge on any atom is 0.149 e. The fourth-order valence-electron chi connectivity index (χ4n) is 1.73. The molecule has 0 aliphatic carbocycles. The number of rotatable bonds is 4. The molecule has 2 rings (SSSR count). The second-order valence-corrected chi connectivity index (χ2v) is 4.59. The van der Waals surface area contributed by atoms with Gasteiger partial charge in [0.2, 0.25) is 0 Å². The SMILES string of the molecule is CC(C)NCc1ccc(-c2ccncc2F)cc1. The van der Waals surface area contributed by atoms with Crippen molar-refractivity contribution < 1.29 is 4.39 Å². The van der Waals surface area contributed by atoms with Gasteiger partial charge in [-0.2, -0.15) is 0 Å². The van der Waals surface area contributed by atoms with E-state index in [1.807, 2.05) is 24.3 Å². The van der Waals surface area contributed by atoms with Crippen LogP contribution in [0.4, 0.5) is 4.39 Å². The third-order valence-electron chi connectivity index (χ3n) is 2.75. The standard InChI is InChI=1S/C15H17FN2/c1-11(2)18-9-12-3-5-13(6-4-12)14-7-8-17-10-15(14)16/h3-8,10-11,18H,9H2,1-2H3. The molecule has 2 aromatic rings. The van der Waals surface area contributed by atoms with Crippen LogP contribution in [0.3, 0.4) is 0 Å². The Balaban J connectivity index is 2.15. The first-order valence-corrected chi connectivity index (χ1v) is 6.09. The lowest BCUT2D eigenvalue weighted by atomic mass is 10.0. The van der Waals surface area contributed by atoms with E-state index < -0.39 is 0 Å². The summed E-state index contributed by atoms with van der Waals surface area (Å²) in [5.41, 5.74) is 2.67. The van der Waals surface area contributed by atoms with Crippen molar-refractivity contribution in [2.45, 2.75) is 26.4 Å². The van der Waals surface area contributed by atoms with Gasteiger partial charge in [0.15, 0.2) is 0 Å². The van der Waals surface area contributed by atoms with Crippen molar-refractivity contribution in [3.63, 3.8) is 0 Å². The topological polar surface area (TPSA) is 24.9 Å². The third kappa shape index (κ3) is 3.14. The molecule has 0 radical (unpaired) electrons. The van der Waals surface area contributed by atoms with Crippen LogP contribution in [0.15, 0.2) is 42.7 Å². The number of nitrogens with zero attached hydrogens (tertiary/aromatic N) is 1. The Kier molecular flexibility index (Phi) is 4.05. The Hall–Kier alpha value is -1.74. The van der Waals surface area contributed by atoms with Crippen molar-refractivity contribution in [3.8, 4) is 11.1 Å². The van der Waals surface area contributed by atoms with Gasteiger partial charge in [-0.25, -0.2) is 4.39 Å². The third-order valence-corrected chi connectivity index (χ3v) is 2.75. The van der Waals surface area contributed by atoms with E-state index in [0.717, 1.165) is 12.1 Å². The minimum absolute atomic E-state index is 0.287. The first-order chi connectivity index (χ1) is 8.66. The highest BCUT2D eigenvalue weighted by Crippen LogP contribution is 2.21. The quantitative estimate of drug-likeness (QED) is 0.891. The van der Waals surface area contributed by atoms with Crippen LogP contribution in [0.25, 0.3) is 11.1 Å². The lowest BCUT2D eigenvalue weighted by molar-refractivity contribution is 0.589. The molecule has 0 spiro atoms. The molecular formula is C15H17FN2. The summed E-state index contributed by atoms with van der Waals surface area (Å²) in [6.07, 6.45) is 2.84. The highest BCUT2D eigenvalue weighted by Gasteiger charge is 2.04. The molecular weight excluding hydrogens is 227 g/mol. The van der Waals surface area contributed by atoms with Gasteiger partial charge < -0.3 is 5.32 Å². The van der Waals surface area contributed by atoms with Crippen molar-refractivity contribution in [2.24, 2.45) is 0 Å². The first kappa shape index (κ1) is 12.7. The van der Waals surface area contributed by atoms with Gasteiger partial charge in [0.1, 0.15) is 5.82 Å². The molecule has 1 N–H and O–H groups in total. The van der Waals surface area contributed by atoms with Crippen LogP contribution in [0.1, 0.15) is 19.4 Å². The monoisotopic (exact) mass is 244 g/mol. The minimum Gasteiger partial charge on any atom is -0.310 e. The van der Waals surface area contributed by atoms with Gasteiger partial charge in [0, 0.05) is 24.3 Å². The maximum atomic E-state index is 13.6. The normalized spacial score (nSPS) is 10.9. The Morgan fingerprint density at radius 2 is 1.89 bits per heavy atom. The van der Waals surface area contributed by atoms with Crippen molar-refractivity contribution >= 4 is 0 Å². The maximum absolute atomic E-state index is 13.6. The fraction of sp³-hybridized carbons (Fsp3) is 0.267. The Labute approximate surface area is 107 Å². The molecule has 1 aromatic heterocycles. The van der Waals surface area contributed by atoms with Crippen LogP contribution in [-0.2, 0) is 6.54 Å². The summed E-state index contributed by atoms with van der Waals surface area (Å²) in [6.45, 7) is 5.05. The molecule has 0 unspecified atom stereocenters. The van der Waals surface area contributed by atoms with Gasteiger partial charge >= 0.3 is 0 Å². The summed E-state index contributed by atoms with van der Waals surface area (Å²) in [6, 6.07) is 10.1. The van der Waals surface area contributed by atoms with E-state index in [9.17, 15) is 4.39 Å². The molecule has 0 fully saturated rings. The zero-order valence-corrected chi connectivity index (χ0v) is 10.7. The smallest absolute Gasteiger partial charge is 0.149 e. The van der Waals surface area contributed by atoms with Crippen LogP contribution >= 0.6 is 0 Å². The van der Waals surface area contributed by atoms with Gasteiger partial charge in [-0.05, 0) is 17.2 Å². The molecule has 2 nitrogen and oxygen atoms in total. The van der Waals surface area contributed by atoms with Gasteiger partial charge in [-0.15, -0.1) is 0 Å². The molecule has 0 bridgehead atoms. The molecule has 18 heavy (non-hydrogen) atoms. The molecule has 3 heteroatoms. The molecule has 0 atom stereocenters. The summed E-state index contributed by atoms with van der Waals surface area (Å²) in [7, 11) is 0. The molecule has 0 aliphatic heterocycles. The number of aromatic nitrogens is 1. The molecule has 0 saturated heterocycles. The lowest BCUT2D eigenvalue weighted by Gasteiger charge is -2.09. The number of hydrogen-bond donors (Lipinski definition) is 1. The Bertz CT molecular complexity index is 506. The van der Waals surface area contributed by atoms with E-state index in [-0.39, 0.29) is 5.82 Å². The van der Waals surface area contributed by atoms with Crippen LogP contribution in [0, 0.1) is 5.82 Å². The number of benzene rings is 1. The largest absolute Gasteiger partial charge is 0.310 e. The van der Waals surface area contributed by atoms with Gasteiger partial charge in [0.25, 0.3) is 0 Å². The Morgan fingerprint density at radius 3 is 2.50 bits per heavy atom. The molecule has 1 aromatic carbocycles. The van der Waals surface area contributed by atoms with Crippen molar-refractivity contribution in [3.05, 3.63) is 54.1 Å². The molecule has 0 amide bonds. The molecule has 0 aliphatic rings. The summed E-state index contributed by atoms with van der Waals surface area (Å²) in [5.74, 6) is -0.287. The average Bonchev–Trinajstić information content (AvgIpc) is 2.38. The van der Waals surface area contributed by atoms with Crippen LogP contribution in [0.5, 0.6) is 0 Å². The van der Waals surface area contributed by atoms with E-state index in [2.05, 4.69) is 24.1 Å². The predicted octanol–water partition coefficient (Wildman–Crippen LogP) is 3.39. The summed E-state index contributed by atoms with van der Waals surface area (Å²) >= 11 is 0. The van der Waals surface area contributed by atoms with E-state index in [1.165, 1.54) is 11.8 Å². The second-order valence-electron chi connectivity index (χ2n) is 4.59. The Morgan fingerprint density at radius 1 is 1.17 bits per heavy atom. The molecule has 0 saturated carbocycles. The number of halogens is 1. The van der Waals surface area contributed by atoms with E-state index in [0.29, 0.717) is 11.6 Å². The summed E-state index contributed by atoms with van der Waals surface area (Å²) < 4.78 is 13.6. The number of nitrogens with one attached hydrogen (secondary N) is 1. The highest BCUT2D eigenvalue weighted by atomic mass is 19.1. The van der Waals surface area contributed by atoms with Crippen LogP contribution in [-0.4, -0.2) is 11.0 Å². The first-order valence-electron chi connectivity index (χ1n) is 6.09. The zero-order valence-electron chi connectivity index (χ0n) is 10.7. The van der Waals surface area contributed by atoms with Crippen molar-refractivity contribution in [1.29, 1.82) is 0 Å². The average molecular weight is 244 g/mol. The summed E-state index contributed by atoms with van der Waals surface area (Å²) in [4.78, 5) is 3.75. The van der Waals surface area contributed by atoms with E-state index in [1.54, 1.807) is 12.3 Å². The van der Waals surface area contributed by atoms with E-state index >= 15 is 0 Å².